The minimum Gasteiger partial charge on any atom is -0.322 e. The fourth-order valence-electron chi connectivity index (χ4n) is 3.48. The quantitative estimate of drug-likeness (QED) is 0.498. The van der Waals surface area contributed by atoms with Gasteiger partial charge in [0.1, 0.15) is 18.2 Å². The van der Waals surface area contributed by atoms with Crippen molar-refractivity contribution < 1.29 is 13.6 Å². The van der Waals surface area contributed by atoms with Crippen LogP contribution < -0.4 is 16.6 Å². The topological polar surface area (TPSA) is 90.4 Å². The second kappa shape index (κ2) is 8.37. The second-order valence-corrected chi connectivity index (χ2v) is 7.90. The van der Waals surface area contributed by atoms with E-state index in [1.165, 1.54) is 8.97 Å². The molecule has 2 aromatic heterocycles. The Morgan fingerprint density at radius 2 is 1.88 bits per heavy atom. The summed E-state index contributed by atoms with van der Waals surface area (Å²) >= 11 is 0. The van der Waals surface area contributed by atoms with Crippen molar-refractivity contribution in [3.63, 3.8) is 0 Å². The number of benzene rings is 2. The SMILES string of the molecule is CC(C)CCn1c(=O)c2ccccc2n2c(=O)n(CC(=O)Nc3ccc(F)cc3F)nc12. The molecule has 0 saturated carbocycles. The molecule has 8 nitrogen and oxygen atoms in total. The molecule has 32 heavy (non-hydrogen) atoms. The average molecular weight is 441 g/mol. The van der Waals surface area contributed by atoms with E-state index in [0.29, 0.717) is 35.9 Å². The Labute approximate surface area is 180 Å². The molecule has 0 bridgehead atoms. The Balaban J connectivity index is 1.77. The number of para-hydroxylation sites is 1. The van der Waals surface area contributed by atoms with Crippen LogP contribution in [-0.4, -0.2) is 24.7 Å². The van der Waals surface area contributed by atoms with Crippen LogP contribution in [0, 0.1) is 17.6 Å². The third kappa shape index (κ3) is 3.91. The minimum atomic E-state index is -0.936. The number of amides is 1. The van der Waals surface area contributed by atoms with Crippen molar-refractivity contribution in [2.24, 2.45) is 5.92 Å². The highest BCUT2D eigenvalue weighted by Crippen LogP contribution is 2.15. The number of carbonyl (C=O) groups excluding carboxylic acids is 1. The summed E-state index contributed by atoms with van der Waals surface area (Å²) in [7, 11) is 0. The van der Waals surface area contributed by atoms with Gasteiger partial charge in [-0.3, -0.25) is 14.2 Å². The molecular formula is C22H21F2N5O3. The van der Waals surface area contributed by atoms with Gasteiger partial charge in [-0.1, -0.05) is 26.0 Å². The fourth-order valence-corrected chi connectivity index (χ4v) is 3.48. The molecular weight excluding hydrogens is 420 g/mol. The number of fused-ring (bicyclic) bond motifs is 3. The number of halogens is 2. The van der Waals surface area contributed by atoms with Crippen LogP contribution in [0.2, 0.25) is 0 Å². The van der Waals surface area contributed by atoms with E-state index >= 15 is 0 Å². The lowest BCUT2D eigenvalue weighted by molar-refractivity contribution is -0.117. The largest absolute Gasteiger partial charge is 0.352 e. The molecule has 4 aromatic rings. The predicted octanol–water partition coefficient (Wildman–Crippen LogP) is 2.77. The maximum Gasteiger partial charge on any atom is 0.352 e. The van der Waals surface area contributed by atoms with E-state index in [1.54, 1.807) is 24.3 Å². The van der Waals surface area contributed by atoms with Gasteiger partial charge in [0.2, 0.25) is 11.7 Å². The lowest BCUT2D eigenvalue weighted by Crippen LogP contribution is -2.29. The summed E-state index contributed by atoms with van der Waals surface area (Å²) in [5.41, 5.74) is -0.713. The zero-order valence-electron chi connectivity index (χ0n) is 17.5. The first-order valence-corrected chi connectivity index (χ1v) is 10.1. The van der Waals surface area contributed by atoms with Gasteiger partial charge in [0.15, 0.2) is 0 Å². The third-order valence-electron chi connectivity index (χ3n) is 5.11. The van der Waals surface area contributed by atoms with E-state index in [1.807, 2.05) is 13.8 Å². The van der Waals surface area contributed by atoms with Crippen LogP contribution in [-0.2, 0) is 17.9 Å². The molecule has 0 atom stereocenters. The molecule has 0 unspecified atom stereocenters. The standard InChI is InChI=1S/C22H21F2N5O3/c1-13(2)9-10-27-20(31)15-5-3-4-6-18(15)29-21(27)26-28(22(29)32)12-19(30)25-17-8-7-14(23)11-16(17)24/h3-8,11,13H,9-10,12H2,1-2H3,(H,25,30). The van der Waals surface area contributed by atoms with Gasteiger partial charge in [0.05, 0.1) is 16.6 Å². The molecule has 0 fully saturated rings. The van der Waals surface area contributed by atoms with Crippen molar-refractivity contribution in [3.8, 4) is 0 Å². The average Bonchev–Trinajstić information content (AvgIpc) is 3.06. The first-order valence-electron chi connectivity index (χ1n) is 10.1. The highest BCUT2D eigenvalue weighted by Gasteiger charge is 2.19. The van der Waals surface area contributed by atoms with Crippen LogP contribution in [0.25, 0.3) is 16.7 Å². The van der Waals surface area contributed by atoms with Crippen molar-refractivity contribution >= 4 is 28.3 Å². The summed E-state index contributed by atoms with van der Waals surface area (Å²) in [6.45, 7) is 3.89. The lowest BCUT2D eigenvalue weighted by Gasteiger charge is -2.10. The van der Waals surface area contributed by atoms with Crippen LogP contribution in [0.3, 0.4) is 0 Å². The van der Waals surface area contributed by atoms with Gasteiger partial charge in [0.25, 0.3) is 5.56 Å². The van der Waals surface area contributed by atoms with E-state index in [2.05, 4.69) is 10.4 Å². The van der Waals surface area contributed by atoms with Gasteiger partial charge < -0.3 is 5.32 Å². The van der Waals surface area contributed by atoms with E-state index in [0.717, 1.165) is 16.8 Å². The number of hydrogen-bond acceptors (Lipinski definition) is 4. The number of nitrogens with zero attached hydrogens (tertiary/aromatic N) is 4. The number of aryl methyl sites for hydroxylation is 1. The van der Waals surface area contributed by atoms with Crippen LogP contribution in [0.5, 0.6) is 0 Å². The zero-order chi connectivity index (χ0) is 23.0. The number of aromatic nitrogens is 4. The van der Waals surface area contributed by atoms with Gasteiger partial charge in [0, 0.05) is 12.6 Å². The minimum absolute atomic E-state index is 0.125. The number of rotatable bonds is 6. The summed E-state index contributed by atoms with van der Waals surface area (Å²) < 4.78 is 30.6. The van der Waals surface area contributed by atoms with Gasteiger partial charge >= 0.3 is 5.69 Å². The molecule has 1 N–H and O–H groups in total. The van der Waals surface area contributed by atoms with Crippen LogP contribution >= 0.6 is 0 Å². The van der Waals surface area contributed by atoms with Crippen LogP contribution in [0.1, 0.15) is 20.3 Å². The Morgan fingerprint density at radius 1 is 1.12 bits per heavy atom. The molecule has 2 aromatic carbocycles. The predicted molar refractivity (Wildman–Crippen MR) is 116 cm³/mol. The Hall–Kier alpha value is -3.82. The van der Waals surface area contributed by atoms with Crippen molar-refractivity contribution in [3.05, 3.63) is 74.9 Å². The van der Waals surface area contributed by atoms with Crippen molar-refractivity contribution in [2.75, 3.05) is 5.32 Å². The molecule has 10 heteroatoms. The molecule has 0 spiro atoms. The first kappa shape index (κ1) is 21.4. The second-order valence-electron chi connectivity index (χ2n) is 7.90. The number of anilines is 1. The maximum atomic E-state index is 13.8. The molecule has 0 saturated heterocycles. The van der Waals surface area contributed by atoms with Gasteiger partial charge in [-0.15, -0.1) is 5.10 Å². The number of carbonyl (C=O) groups is 1. The Morgan fingerprint density at radius 3 is 2.59 bits per heavy atom. The molecule has 0 radical (unpaired) electrons. The number of nitrogens with one attached hydrogen (secondary N) is 1. The highest BCUT2D eigenvalue weighted by molar-refractivity contribution is 5.90. The molecule has 0 aliphatic heterocycles. The summed E-state index contributed by atoms with van der Waals surface area (Å²) in [5, 5.41) is 6.90. The molecule has 0 aliphatic carbocycles. The van der Waals surface area contributed by atoms with E-state index < -0.39 is 29.8 Å². The third-order valence-corrected chi connectivity index (χ3v) is 5.11. The summed E-state index contributed by atoms with van der Waals surface area (Å²) in [5.74, 6) is -1.99. The maximum absolute atomic E-state index is 13.8. The van der Waals surface area contributed by atoms with Crippen molar-refractivity contribution in [1.29, 1.82) is 0 Å². The van der Waals surface area contributed by atoms with Gasteiger partial charge in [-0.05, 0) is 36.6 Å². The normalized spacial score (nSPS) is 11.5. The van der Waals surface area contributed by atoms with Gasteiger partial charge in [-0.25, -0.2) is 22.7 Å². The molecule has 0 aliphatic rings. The Kier molecular flexibility index (Phi) is 5.60. The molecule has 4 rings (SSSR count). The monoisotopic (exact) mass is 441 g/mol. The lowest BCUT2D eigenvalue weighted by atomic mass is 10.1. The van der Waals surface area contributed by atoms with E-state index in [-0.39, 0.29) is 17.0 Å². The fraction of sp³-hybridized carbons (Fsp3) is 0.273. The Bertz CT molecular complexity index is 1450. The molecule has 2 heterocycles. The van der Waals surface area contributed by atoms with Crippen LogP contribution in [0.4, 0.5) is 14.5 Å². The molecule has 166 valence electrons. The van der Waals surface area contributed by atoms with Crippen molar-refractivity contribution in [1.82, 2.24) is 18.7 Å². The summed E-state index contributed by atoms with van der Waals surface area (Å²) in [6, 6.07) is 9.43. The summed E-state index contributed by atoms with van der Waals surface area (Å²) in [6.07, 6.45) is 0.694. The number of hydrogen-bond donors (Lipinski definition) is 1. The zero-order valence-corrected chi connectivity index (χ0v) is 17.5. The smallest absolute Gasteiger partial charge is 0.322 e. The van der Waals surface area contributed by atoms with Crippen LogP contribution in [0.15, 0.2) is 52.1 Å². The van der Waals surface area contributed by atoms with Crippen molar-refractivity contribution in [2.45, 2.75) is 33.4 Å². The first-order chi connectivity index (χ1) is 15.3. The van der Waals surface area contributed by atoms with E-state index in [4.69, 9.17) is 0 Å². The summed E-state index contributed by atoms with van der Waals surface area (Å²) in [4.78, 5) is 38.6. The van der Waals surface area contributed by atoms with Gasteiger partial charge in [-0.2, -0.15) is 0 Å². The highest BCUT2D eigenvalue weighted by atomic mass is 19.1. The molecule has 1 amide bonds. The van der Waals surface area contributed by atoms with E-state index in [9.17, 15) is 23.2 Å².